The van der Waals surface area contributed by atoms with Crippen molar-refractivity contribution in [2.24, 2.45) is 10.3 Å². The molecule has 1 aliphatic carbocycles. The largest absolute Gasteiger partial charge is 0.484 e. The molecule has 0 radical (unpaired) electrons. The third-order valence-electron chi connectivity index (χ3n) is 4.04. The van der Waals surface area contributed by atoms with Gasteiger partial charge in [-0.3, -0.25) is 8.98 Å². The Morgan fingerprint density at radius 2 is 1.54 bits per heavy atom. The molecule has 0 aromatic rings. The van der Waals surface area contributed by atoms with E-state index in [0.717, 1.165) is 25.7 Å². The zero-order valence-electron chi connectivity index (χ0n) is 17.8. The minimum atomic E-state index is -1.59. The van der Waals surface area contributed by atoms with E-state index in [9.17, 15) is 9.00 Å². The van der Waals surface area contributed by atoms with E-state index in [-0.39, 0.29) is 11.6 Å². The molecule has 1 fully saturated rings. The molecule has 0 heterocycles. The lowest BCUT2D eigenvalue weighted by Gasteiger charge is -2.38. The van der Waals surface area contributed by atoms with Crippen molar-refractivity contribution >= 4 is 23.1 Å². The van der Waals surface area contributed by atoms with Crippen LogP contribution in [0.3, 0.4) is 0 Å². The van der Waals surface area contributed by atoms with Crippen molar-refractivity contribution in [3.05, 3.63) is 0 Å². The molecule has 1 atom stereocenters. The van der Waals surface area contributed by atoms with Gasteiger partial charge in [-0.15, -0.1) is 4.40 Å². The summed E-state index contributed by atoms with van der Waals surface area (Å²) in [6.07, 6.45) is 4.71. The Morgan fingerprint density at radius 1 is 1.04 bits per heavy atom. The molecule has 8 heteroatoms. The van der Waals surface area contributed by atoms with Gasteiger partial charge in [-0.2, -0.15) is 0 Å². The summed E-state index contributed by atoms with van der Waals surface area (Å²) in [4.78, 5) is 11.0. The molecule has 1 rings (SSSR count). The highest BCUT2D eigenvalue weighted by Crippen LogP contribution is 2.35. The highest BCUT2D eigenvalue weighted by molar-refractivity contribution is 7.78. The van der Waals surface area contributed by atoms with Crippen LogP contribution in [0.5, 0.6) is 0 Å². The van der Waals surface area contributed by atoms with Gasteiger partial charge in [0.1, 0.15) is 5.60 Å². The standard InChI is InChI=1S/C12H22O3.C4H9NO3S.C2H6/c1-9(13)15-12(2,3)10-5-7-11(14-4)8-6-10;1-4(7-2)5-9(6)8-3;1-2/h10-11H,5-8H2,1-4H3;1-3H3;1-2H3. The van der Waals surface area contributed by atoms with Crippen LogP contribution in [0.2, 0.25) is 0 Å². The Kier molecular flexibility index (Phi) is 15.8. The van der Waals surface area contributed by atoms with Crippen LogP contribution < -0.4 is 0 Å². The van der Waals surface area contributed by atoms with Gasteiger partial charge < -0.3 is 14.2 Å². The van der Waals surface area contributed by atoms with Crippen LogP contribution in [-0.4, -0.2) is 49.1 Å². The number of esters is 1. The molecule has 1 aliphatic rings. The Morgan fingerprint density at radius 3 is 1.88 bits per heavy atom. The second-order valence-electron chi connectivity index (χ2n) is 6.10. The summed E-state index contributed by atoms with van der Waals surface area (Å²) >= 11 is -1.59. The molecular weight excluding hydrogens is 358 g/mol. The Bertz CT molecular complexity index is 431. The smallest absolute Gasteiger partial charge is 0.303 e. The van der Waals surface area contributed by atoms with E-state index in [1.165, 1.54) is 21.1 Å². The summed E-state index contributed by atoms with van der Waals surface area (Å²) in [5.41, 5.74) is -0.329. The van der Waals surface area contributed by atoms with Crippen molar-refractivity contribution in [1.29, 1.82) is 0 Å². The molecule has 0 saturated heterocycles. The number of carbonyl (C=O) groups is 1. The monoisotopic (exact) mass is 395 g/mol. The maximum Gasteiger partial charge on any atom is 0.303 e. The molecule has 7 nitrogen and oxygen atoms in total. The van der Waals surface area contributed by atoms with Crippen LogP contribution in [0.15, 0.2) is 4.40 Å². The first-order valence-corrected chi connectivity index (χ1v) is 9.97. The SMILES string of the molecule is CC.COC(C)=NS(=O)OC.COC1CCC(C(C)(C)OC(C)=O)CC1. The second kappa shape index (κ2) is 15.1. The van der Waals surface area contributed by atoms with Crippen LogP contribution in [0.25, 0.3) is 0 Å². The van der Waals surface area contributed by atoms with Gasteiger partial charge in [0.15, 0.2) is 5.90 Å². The Balaban J connectivity index is 0. The van der Waals surface area contributed by atoms with Gasteiger partial charge in [-0.25, -0.2) is 4.21 Å². The maximum absolute atomic E-state index is 11.0. The predicted octanol–water partition coefficient (Wildman–Crippen LogP) is 3.84. The zero-order valence-corrected chi connectivity index (χ0v) is 18.6. The average Bonchev–Trinajstić information content (AvgIpc) is 2.62. The number of methoxy groups -OCH3 is 2. The minimum absolute atomic E-state index is 0.186. The van der Waals surface area contributed by atoms with E-state index in [2.05, 4.69) is 13.3 Å². The lowest BCUT2D eigenvalue weighted by Crippen LogP contribution is -2.39. The Labute approximate surface area is 161 Å². The molecule has 0 aliphatic heterocycles. The topological polar surface area (TPSA) is 83.4 Å². The van der Waals surface area contributed by atoms with Crippen LogP contribution in [-0.2, 0) is 34.5 Å². The zero-order chi connectivity index (χ0) is 20.8. The first kappa shape index (κ1) is 27.2. The summed E-state index contributed by atoms with van der Waals surface area (Å²) in [5, 5.41) is 0. The minimum Gasteiger partial charge on any atom is -0.484 e. The highest BCUT2D eigenvalue weighted by Gasteiger charge is 2.35. The van der Waals surface area contributed by atoms with Crippen molar-refractivity contribution in [2.45, 2.75) is 78.9 Å². The van der Waals surface area contributed by atoms with E-state index in [1.807, 2.05) is 27.7 Å². The molecule has 0 bridgehead atoms. The first-order valence-electron chi connectivity index (χ1n) is 8.94. The Hall–Kier alpha value is -0.990. The number of hydrogen-bond donors (Lipinski definition) is 0. The number of nitrogens with zero attached hydrogens (tertiary/aromatic N) is 1. The van der Waals surface area contributed by atoms with Gasteiger partial charge in [0, 0.05) is 21.0 Å². The molecule has 1 unspecified atom stereocenters. The lowest BCUT2D eigenvalue weighted by molar-refractivity contribution is -0.161. The fourth-order valence-corrected chi connectivity index (χ4v) is 2.99. The summed E-state index contributed by atoms with van der Waals surface area (Å²) in [7, 11) is 4.52. The van der Waals surface area contributed by atoms with E-state index < -0.39 is 11.3 Å². The third kappa shape index (κ3) is 12.4. The van der Waals surface area contributed by atoms with Gasteiger partial charge in [-0.1, -0.05) is 13.8 Å². The van der Waals surface area contributed by atoms with Gasteiger partial charge >= 0.3 is 5.97 Å². The fraction of sp³-hybridized carbons (Fsp3) is 0.889. The average molecular weight is 396 g/mol. The fourth-order valence-electron chi connectivity index (χ4n) is 2.63. The molecule has 0 spiro atoms. The lowest BCUT2D eigenvalue weighted by atomic mass is 9.77. The van der Waals surface area contributed by atoms with Crippen molar-refractivity contribution in [1.82, 2.24) is 0 Å². The highest BCUT2D eigenvalue weighted by atomic mass is 32.2. The number of hydrogen-bond acceptors (Lipinski definition) is 6. The number of ether oxygens (including phenoxy) is 3. The van der Waals surface area contributed by atoms with Crippen LogP contribution in [0.4, 0.5) is 0 Å². The predicted molar refractivity (Wildman–Crippen MR) is 105 cm³/mol. The normalized spacial score (nSPS) is 21.3. The molecule has 0 amide bonds. The van der Waals surface area contributed by atoms with Gasteiger partial charge in [-0.05, 0) is 45.4 Å². The molecule has 1 saturated carbocycles. The molecule has 156 valence electrons. The summed E-state index contributed by atoms with van der Waals surface area (Å²) in [6.45, 7) is 11.1. The molecule has 0 aromatic heterocycles. The van der Waals surface area contributed by atoms with Gasteiger partial charge in [0.25, 0.3) is 11.3 Å². The van der Waals surface area contributed by atoms with Crippen molar-refractivity contribution in [2.75, 3.05) is 21.3 Å². The van der Waals surface area contributed by atoms with E-state index in [0.29, 0.717) is 17.9 Å². The molecule has 0 N–H and O–H groups in total. The third-order valence-corrected chi connectivity index (χ3v) is 4.73. The molecule has 26 heavy (non-hydrogen) atoms. The van der Waals surface area contributed by atoms with Crippen LogP contribution >= 0.6 is 0 Å². The van der Waals surface area contributed by atoms with Gasteiger partial charge in [0.2, 0.25) is 0 Å². The van der Waals surface area contributed by atoms with Crippen LogP contribution in [0, 0.1) is 5.92 Å². The van der Waals surface area contributed by atoms with E-state index in [1.54, 1.807) is 14.0 Å². The summed E-state index contributed by atoms with van der Waals surface area (Å²) in [5.74, 6) is 0.622. The number of carbonyl (C=O) groups excluding carboxylic acids is 1. The summed E-state index contributed by atoms with van der Waals surface area (Å²) < 4.78 is 33.5. The number of rotatable bonds is 5. The summed E-state index contributed by atoms with van der Waals surface area (Å²) in [6, 6.07) is 0. The quantitative estimate of drug-likeness (QED) is 0.399. The van der Waals surface area contributed by atoms with Crippen molar-refractivity contribution in [3.63, 3.8) is 0 Å². The maximum atomic E-state index is 11.0. The van der Waals surface area contributed by atoms with Crippen molar-refractivity contribution < 1.29 is 27.4 Å². The van der Waals surface area contributed by atoms with Crippen LogP contribution in [0.1, 0.15) is 67.2 Å². The molecule has 0 aromatic carbocycles. The molecular formula is C18H37NO6S. The van der Waals surface area contributed by atoms with E-state index >= 15 is 0 Å². The van der Waals surface area contributed by atoms with E-state index in [4.69, 9.17) is 9.47 Å². The second-order valence-corrected chi connectivity index (χ2v) is 7.05. The van der Waals surface area contributed by atoms with Crippen molar-refractivity contribution in [3.8, 4) is 0 Å². The van der Waals surface area contributed by atoms with Gasteiger partial charge in [0.05, 0.1) is 20.3 Å². The first-order chi connectivity index (χ1) is 12.2.